The van der Waals surface area contributed by atoms with Gasteiger partial charge >= 0.3 is 0 Å². The molecule has 1 atom stereocenters. The van der Waals surface area contributed by atoms with Gasteiger partial charge in [0.25, 0.3) is 5.91 Å². The van der Waals surface area contributed by atoms with Crippen molar-refractivity contribution in [1.29, 1.82) is 0 Å². The molecule has 0 spiro atoms. The molecule has 1 amide bonds. The first-order chi connectivity index (χ1) is 10.0. The van der Waals surface area contributed by atoms with Gasteiger partial charge in [-0.15, -0.1) is 0 Å². The summed E-state index contributed by atoms with van der Waals surface area (Å²) in [4.78, 5) is 16.2. The highest BCUT2D eigenvalue weighted by Gasteiger charge is 2.14. The number of hydrogen-bond donors (Lipinski definition) is 2. The van der Waals surface area contributed by atoms with Crippen LogP contribution in [0, 0.1) is 5.92 Å². The molecule has 0 bridgehead atoms. The molecule has 0 aliphatic rings. The largest absolute Gasteiger partial charge is 0.479 e. The van der Waals surface area contributed by atoms with Crippen LogP contribution in [0.2, 0.25) is 0 Å². The zero-order chi connectivity index (χ0) is 15.7. The van der Waals surface area contributed by atoms with Crippen LogP contribution >= 0.6 is 0 Å². The van der Waals surface area contributed by atoms with E-state index in [2.05, 4.69) is 36.4 Å². The Balaban J connectivity index is 2.39. The van der Waals surface area contributed by atoms with E-state index in [1.807, 2.05) is 12.1 Å². The van der Waals surface area contributed by atoms with Gasteiger partial charge in [0, 0.05) is 13.1 Å². The second-order valence-corrected chi connectivity index (χ2v) is 5.50. The number of nitrogens with zero attached hydrogens (tertiary/aromatic N) is 1. The van der Waals surface area contributed by atoms with Crippen LogP contribution in [-0.4, -0.2) is 30.1 Å². The number of nitrogens with one attached hydrogen (secondary N) is 2. The third-order valence-electron chi connectivity index (χ3n) is 3.06. The minimum atomic E-state index is -0.515. The third-order valence-corrected chi connectivity index (χ3v) is 3.06. The maximum Gasteiger partial charge on any atom is 0.260 e. The predicted octanol–water partition coefficient (Wildman–Crippen LogP) is 2.12. The topological polar surface area (TPSA) is 63.2 Å². The van der Waals surface area contributed by atoms with E-state index in [9.17, 15) is 4.79 Å². The van der Waals surface area contributed by atoms with E-state index in [-0.39, 0.29) is 5.91 Å². The molecule has 2 N–H and O–H groups in total. The second kappa shape index (κ2) is 9.34. The molecule has 0 aromatic carbocycles. The van der Waals surface area contributed by atoms with Gasteiger partial charge in [0.1, 0.15) is 5.75 Å². The molecule has 0 fully saturated rings. The number of aromatic nitrogens is 1. The van der Waals surface area contributed by atoms with Crippen LogP contribution in [0.15, 0.2) is 18.3 Å². The van der Waals surface area contributed by atoms with Crippen LogP contribution in [0.4, 0.5) is 0 Å². The van der Waals surface area contributed by atoms with Crippen LogP contribution in [0.3, 0.4) is 0 Å². The van der Waals surface area contributed by atoms with Gasteiger partial charge in [-0.2, -0.15) is 0 Å². The second-order valence-electron chi connectivity index (χ2n) is 5.50. The number of hydrogen-bond acceptors (Lipinski definition) is 4. The van der Waals surface area contributed by atoms with Gasteiger partial charge in [0.2, 0.25) is 0 Å². The first kappa shape index (κ1) is 17.4. The molecule has 0 aliphatic heterocycles. The van der Waals surface area contributed by atoms with Gasteiger partial charge in [-0.25, -0.2) is 0 Å². The zero-order valence-corrected chi connectivity index (χ0v) is 13.5. The van der Waals surface area contributed by atoms with Crippen molar-refractivity contribution >= 4 is 5.91 Å². The quantitative estimate of drug-likeness (QED) is 0.732. The average molecular weight is 293 g/mol. The maximum atomic E-state index is 11.9. The van der Waals surface area contributed by atoms with Crippen molar-refractivity contribution in [2.45, 2.75) is 46.8 Å². The van der Waals surface area contributed by atoms with Crippen LogP contribution in [-0.2, 0) is 11.3 Å². The Kier molecular flexibility index (Phi) is 7.75. The Hall–Kier alpha value is -1.62. The van der Waals surface area contributed by atoms with E-state index in [0.717, 1.165) is 25.2 Å². The summed E-state index contributed by atoms with van der Waals surface area (Å²) in [7, 11) is 0. The Bertz CT molecular complexity index is 418. The summed E-state index contributed by atoms with van der Waals surface area (Å²) in [6.07, 6.45) is 2.11. The summed E-state index contributed by atoms with van der Waals surface area (Å²) in [5.74, 6) is 1.10. The Morgan fingerprint density at radius 3 is 2.67 bits per heavy atom. The lowest BCUT2D eigenvalue weighted by Crippen LogP contribution is -2.37. The van der Waals surface area contributed by atoms with Gasteiger partial charge in [-0.1, -0.05) is 20.8 Å². The number of carbonyl (C=O) groups is 1. The summed E-state index contributed by atoms with van der Waals surface area (Å²) in [6, 6.07) is 3.75. The lowest BCUT2D eigenvalue weighted by atomic mass is 10.1. The minimum absolute atomic E-state index is 0.0904. The molecule has 118 valence electrons. The predicted molar refractivity (Wildman–Crippen MR) is 84.2 cm³/mol. The average Bonchev–Trinajstić information content (AvgIpc) is 2.46. The Morgan fingerprint density at radius 2 is 2.10 bits per heavy atom. The van der Waals surface area contributed by atoms with Gasteiger partial charge in [-0.05, 0) is 37.9 Å². The van der Waals surface area contributed by atoms with Crippen LogP contribution < -0.4 is 15.4 Å². The van der Waals surface area contributed by atoms with E-state index in [0.29, 0.717) is 18.2 Å². The van der Waals surface area contributed by atoms with Gasteiger partial charge in [0.05, 0.1) is 11.9 Å². The minimum Gasteiger partial charge on any atom is -0.479 e. The van der Waals surface area contributed by atoms with Crippen molar-refractivity contribution in [2.75, 3.05) is 13.1 Å². The first-order valence-corrected chi connectivity index (χ1v) is 7.63. The molecule has 0 radical (unpaired) electrons. The van der Waals surface area contributed by atoms with Gasteiger partial charge in [0.15, 0.2) is 6.10 Å². The molecule has 1 aromatic heterocycles. The molecule has 1 rings (SSSR count). The molecular weight excluding hydrogens is 266 g/mol. The highest BCUT2D eigenvalue weighted by atomic mass is 16.5. The van der Waals surface area contributed by atoms with Crippen LogP contribution in [0.5, 0.6) is 5.75 Å². The zero-order valence-electron chi connectivity index (χ0n) is 13.5. The van der Waals surface area contributed by atoms with E-state index in [4.69, 9.17) is 4.74 Å². The number of ether oxygens (including phenoxy) is 1. The number of amides is 1. The molecule has 0 aliphatic carbocycles. The highest BCUT2D eigenvalue weighted by molar-refractivity contribution is 5.80. The number of rotatable bonds is 9. The van der Waals surface area contributed by atoms with Crippen molar-refractivity contribution in [3.05, 3.63) is 24.0 Å². The lowest BCUT2D eigenvalue weighted by molar-refractivity contribution is -0.127. The smallest absolute Gasteiger partial charge is 0.260 e. The fraction of sp³-hybridized carbons (Fsp3) is 0.625. The van der Waals surface area contributed by atoms with Crippen molar-refractivity contribution in [3.63, 3.8) is 0 Å². The van der Waals surface area contributed by atoms with Gasteiger partial charge in [-0.3, -0.25) is 9.78 Å². The number of pyridine rings is 1. The van der Waals surface area contributed by atoms with E-state index in [1.165, 1.54) is 0 Å². The van der Waals surface area contributed by atoms with Crippen molar-refractivity contribution in [1.82, 2.24) is 15.6 Å². The Labute approximate surface area is 127 Å². The first-order valence-electron chi connectivity index (χ1n) is 7.63. The van der Waals surface area contributed by atoms with Crippen molar-refractivity contribution < 1.29 is 9.53 Å². The van der Waals surface area contributed by atoms with Crippen molar-refractivity contribution in [3.8, 4) is 5.75 Å². The van der Waals surface area contributed by atoms with Crippen LogP contribution in [0.25, 0.3) is 0 Å². The highest BCUT2D eigenvalue weighted by Crippen LogP contribution is 2.11. The summed E-state index contributed by atoms with van der Waals surface area (Å²) in [5.41, 5.74) is 0.957. The normalized spacial score (nSPS) is 12.2. The van der Waals surface area contributed by atoms with Gasteiger partial charge < -0.3 is 15.4 Å². The monoisotopic (exact) mass is 293 g/mol. The fourth-order valence-corrected chi connectivity index (χ4v) is 1.72. The molecule has 0 saturated heterocycles. The van der Waals surface area contributed by atoms with Crippen LogP contribution in [0.1, 0.15) is 39.8 Å². The van der Waals surface area contributed by atoms with E-state index >= 15 is 0 Å². The summed E-state index contributed by atoms with van der Waals surface area (Å²) >= 11 is 0. The lowest BCUT2D eigenvalue weighted by Gasteiger charge is -2.15. The molecular formula is C16H27N3O2. The van der Waals surface area contributed by atoms with Crippen molar-refractivity contribution in [2.24, 2.45) is 5.92 Å². The summed E-state index contributed by atoms with van der Waals surface area (Å²) < 4.78 is 5.60. The third kappa shape index (κ3) is 7.09. The fourth-order valence-electron chi connectivity index (χ4n) is 1.72. The van der Waals surface area contributed by atoms with E-state index < -0.39 is 6.10 Å². The standard InChI is InChI=1S/C16H27N3O2/c1-5-17-10-14-6-7-15(11-19-14)21-13(4)16(20)18-9-8-12(2)3/h6-7,11-13,17H,5,8-10H2,1-4H3,(H,18,20). The molecule has 21 heavy (non-hydrogen) atoms. The number of carbonyl (C=O) groups excluding carboxylic acids is 1. The molecule has 5 heteroatoms. The molecule has 5 nitrogen and oxygen atoms in total. The molecule has 1 heterocycles. The molecule has 1 aromatic rings. The molecule has 0 saturated carbocycles. The van der Waals surface area contributed by atoms with E-state index in [1.54, 1.807) is 13.1 Å². The molecule has 1 unspecified atom stereocenters. The summed E-state index contributed by atoms with van der Waals surface area (Å²) in [6.45, 7) is 10.4. The summed E-state index contributed by atoms with van der Waals surface area (Å²) in [5, 5.41) is 6.09. The SMILES string of the molecule is CCNCc1ccc(OC(C)C(=O)NCCC(C)C)cn1. The maximum absolute atomic E-state index is 11.9. The Morgan fingerprint density at radius 1 is 1.33 bits per heavy atom.